The maximum Gasteiger partial charge on any atom is 0.283 e. The average molecular weight is 611 g/mol. The van der Waals surface area contributed by atoms with Gasteiger partial charge in [0.2, 0.25) is 5.91 Å². The fraction of sp³-hybridized carbons (Fsp3) is 0.483. The molecule has 0 aliphatic carbocycles. The molecule has 1 aromatic carbocycles. The highest BCUT2D eigenvalue weighted by Crippen LogP contribution is 2.33. The number of amides is 2. The summed E-state index contributed by atoms with van der Waals surface area (Å²) in [5.41, 5.74) is 2.25. The first kappa shape index (κ1) is 28.8. The Hall–Kier alpha value is -3.28. The van der Waals surface area contributed by atoms with Gasteiger partial charge in [-0.2, -0.15) is 4.31 Å². The number of aromatic nitrogens is 2. The molecular formula is C29H34N6O5S2. The van der Waals surface area contributed by atoms with Crippen molar-refractivity contribution in [3.63, 3.8) is 0 Å². The van der Waals surface area contributed by atoms with Crippen LogP contribution in [0.2, 0.25) is 0 Å². The first-order chi connectivity index (χ1) is 20.2. The summed E-state index contributed by atoms with van der Waals surface area (Å²) < 4.78 is 34.4. The van der Waals surface area contributed by atoms with Crippen molar-refractivity contribution in [3.8, 4) is 12.3 Å². The highest BCUT2D eigenvalue weighted by Gasteiger charge is 2.40. The Bertz CT molecular complexity index is 1670. The smallest absolute Gasteiger partial charge is 0.283 e. The van der Waals surface area contributed by atoms with Crippen LogP contribution >= 0.6 is 11.3 Å². The van der Waals surface area contributed by atoms with Crippen LogP contribution in [0.4, 0.5) is 0 Å². The second-order valence-corrected chi connectivity index (χ2v) is 14.1. The lowest BCUT2D eigenvalue weighted by Crippen LogP contribution is -2.58. The van der Waals surface area contributed by atoms with Crippen LogP contribution in [0.5, 0.6) is 0 Å². The number of hydrogen-bond donors (Lipinski definition) is 2. The number of nitrogens with zero attached hydrogens (tertiary/aromatic N) is 4. The number of piperazine rings is 1. The number of nitrogens with one attached hydrogen (secondary N) is 2. The summed E-state index contributed by atoms with van der Waals surface area (Å²) in [7, 11) is -3.94. The van der Waals surface area contributed by atoms with E-state index in [1.54, 1.807) is 34.1 Å². The molecule has 3 unspecified atom stereocenters. The molecule has 5 heterocycles. The Balaban J connectivity index is 1.27. The van der Waals surface area contributed by atoms with Gasteiger partial charge >= 0.3 is 0 Å². The molecule has 2 N–H and O–H groups in total. The quantitative estimate of drug-likeness (QED) is 0.423. The third-order valence-corrected chi connectivity index (χ3v) is 11.4. The normalized spacial score (nSPS) is 23.5. The van der Waals surface area contributed by atoms with Crippen LogP contribution in [0.15, 0.2) is 29.3 Å². The minimum atomic E-state index is -3.94. The molecule has 2 saturated heterocycles. The van der Waals surface area contributed by atoms with Crippen LogP contribution in [0, 0.1) is 12.3 Å². The number of aromatic amines is 1. The fourth-order valence-corrected chi connectivity index (χ4v) is 8.39. The van der Waals surface area contributed by atoms with Gasteiger partial charge in [-0.15, -0.1) is 17.8 Å². The molecule has 3 atom stereocenters. The number of morpholine rings is 1. The molecule has 42 heavy (non-hydrogen) atoms. The van der Waals surface area contributed by atoms with Gasteiger partial charge < -0.3 is 24.8 Å². The maximum atomic E-state index is 13.9. The zero-order valence-corrected chi connectivity index (χ0v) is 25.3. The predicted octanol–water partition coefficient (Wildman–Crippen LogP) is 1.97. The summed E-state index contributed by atoms with van der Waals surface area (Å²) in [5.74, 6) is 2.34. The number of carbonyl (C=O) groups excluding carboxylic acids is 2. The lowest BCUT2D eigenvalue weighted by Gasteiger charge is -2.41. The number of thiazole rings is 1. The van der Waals surface area contributed by atoms with Gasteiger partial charge in [0.15, 0.2) is 5.01 Å². The second-order valence-electron chi connectivity index (χ2n) is 11.1. The van der Waals surface area contributed by atoms with Crippen molar-refractivity contribution in [2.45, 2.75) is 49.8 Å². The van der Waals surface area contributed by atoms with Crippen LogP contribution in [-0.2, 0) is 26.1 Å². The van der Waals surface area contributed by atoms with Crippen LogP contribution in [0.1, 0.15) is 52.1 Å². The lowest BCUT2D eigenvalue weighted by atomic mass is 9.95. The summed E-state index contributed by atoms with van der Waals surface area (Å²) in [5, 5.41) is 4.57. The number of carbonyl (C=O) groups is 2. The van der Waals surface area contributed by atoms with Crippen molar-refractivity contribution >= 4 is 44.1 Å². The molecule has 6 rings (SSSR count). The first-order valence-corrected chi connectivity index (χ1v) is 16.4. The Kier molecular flexibility index (Phi) is 7.84. The van der Waals surface area contributed by atoms with Gasteiger partial charge in [-0.25, -0.2) is 13.4 Å². The summed E-state index contributed by atoms with van der Waals surface area (Å²) in [6, 6.07) is 6.45. The van der Waals surface area contributed by atoms with Gasteiger partial charge in [0.05, 0.1) is 24.9 Å². The molecule has 3 aliphatic heterocycles. The van der Waals surface area contributed by atoms with Crippen molar-refractivity contribution in [1.82, 2.24) is 29.4 Å². The molecule has 11 nitrogen and oxygen atoms in total. The van der Waals surface area contributed by atoms with E-state index in [2.05, 4.69) is 30.1 Å². The number of rotatable bonds is 5. The van der Waals surface area contributed by atoms with Crippen LogP contribution < -0.4 is 5.32 Å². The highest BCUT2D eigenvalue weighted by atomic mass is 32.2. The summed E-state index contributed by atoms with van der Waals surface area (Å²) in [6.45, 7) is 6.94. The lowest BCUT2D eigenvalue weighted by molar-refractivity contribution is -0.136. The van der Waals surface area contributed by atoms with Crippen LogP contribution in [0.25, 0.3) is 10.9 Å². The maximum absolute atomic E-state index is 13.9. The second kappa shape index (κ2) is 11.4. The van der Waals surface area contributed by atoms with Gasteiger partial charge in [-0.1, -0.05) is 12.8 Å². The van der Waals surface area contributed by atoms with E-state index < -0.39 is 16.1 Å². The van der Waals surface area contributed by atoms with Gasteiger partial charge in [0.1, 0.15) is 5.03 Å². The SMILES string of the molecule is C#Cc1ccc2[nH]c(S(=O)(=O)N3CCN(C(=O)c4nc5c(s4)CNC(C)C5C)C(CC(=O)N4CCOCC4)C3)cc2c1. The monoisotopic (exact) mass is 610 g/mol. The van der Waals surface area contributed by atoms with Crippen molar-refractivity contribution in [2.24, 2.45) is 0 Å². The summed E-state index contributed by atoms with van der Waals surface area (Å²) >= 11 is 1.37. The first-order valence-electron chi connectivity index (χ1n) is 14.1. The van der Waals surface area contributed by atoms with E-state index in [4.69, 9.17) is 16.1 Å². The standard InChI is InChI=1S/C29H34N6O5S2/c1-4-20-5-6-23-21(13-20)14-25(31-23)42(38,39)34-7-8-35(22(17-34)15-26(36)33-9-11-40-12-10-33)29(37)28-32-27-18(2)19(3)30-16-24(27)41-28/h1,5-6,13-14,18-19,22,30-31H,7-12,15-17H2,2-3H3. The molecular weight excluding hydrogens is 576 g/mol. The Morgan fingerprint density at radius 3 is 2.71 bits per heavy atom. The number of benzene rings is 1. The minimum absolute atomic E-state index is 0.00476. The molecule has 0 bridgehead atoms. The molecule has 0 radical (unpaired) electrons. The molecule has 0 saturated carbocycles. The zero-order chi connectivity index (χ0) is 29.6. The number of fused-ring (bicyclic) bond motifs is 2. The van der Waals surface area contributed by atoms with E-state index in [-0.39, 0.29) is 54.9 Å². The number of ether oxygens (including phenoxy) is 1. The highest BCUT2D eigenvalue weighted by molar-refractivity contribution is 7.89. The molecule has 2 amide bonds. The van der Waals surface area contributed by atoms with E-state index in [1.807, 2.05) is 0 Å². The number of terminal acetylenes is 1. The average Bonchev–Trinajstić information content (AvgIpc) is 3.64. The Morgan fingerprint density at radius 2 is 1.95 bits per heavy atom. The molecule has 13 heteroatoms. The Morgan fingerprint density at radius 1 is 1.17 bits per heavy atom. The Labute approximate surface area is 249 Å². The number of H-pyrrole nitrogens is 1. The molecule has 2 fully saturated rings. The van der Waals surface area contributed by atoms with Gasteiger partial charge in [-0.05, 0) is 31.2 Å². The van der Waals surface area contributed by atoms with Gasteiger partial charge in [-0.3, -0.25) is 9.59 Å². The summed E-state index contributed by atoms with van der Waals surface area (Å²) in [4.78, 5) is 39.4. The van der Waals surface area contributed by atoms with E-state index >= 15 is 0 Å². The van der Waals surface area contributed by atoms with Crippen molar-refractivity contribution in [1.29, 1.82) is 0 Å². The number of hydrogen-bond acceptors (Lipinski definition) is 8. The fourth-order valence-electron chi connectivity index (χ4n) is 5.83. The van der Waals surface area contributed by atoms with E-state index in [9.17, 15) is 18.0 Å². The molecule has 2 aromatic heterocycles. The van der Waals surface area contributed by atoms with Crippen LogP contribution in [-0.4, -0.2) is 102 Å². The molecule has 222 valence electrons. The number of sulfonamides is 1. The molecule has 3 aliphatic rings. The van der Waals surface area contributed by atoms with E-state index in [0.717, 1.165) is 10.6 Å². The van der Waals surface area contributed by atoms with E-state index in [0.29, 0.717) is 54.3 Å². The van der Waals surface area contributed by atoms with Crippen molar-refractivity contribution in [2.75, 3.05) is 45.9 Å². The van der Waals surface area contributed by atoms with E-state index in [1.165, 1.54) is 15.6 Å². The van der Waals surface area contributed by atoms with Gasteiger partial charge in [0, 0.05) is 79.0 Å². The third kappa shape index (κ3) is 5.33. The molecule has 0 spiro atoms. The van der Waals surface area contributed by atoms with Crippen molar-refractivity contribution < 1.29 is 22.7 Å². The topological polar surface area (TPSA) is 128 Å². The summed E-state index contributed by atoms with van der Waals surface area (Å²) in [6.07, 6.45) is 5.53. The van der Waals surface area contributed by atoms with Gasteiger partial charge in [0.25, 0.3) is 15.9 Å². The third-order valence-electron chi connectivity index (χ3n) is 8.54. The zero-order valence-electron chi connectivity index (χ0n) is 23.6. The minimum Gasteiger partial charge on any atom is -0.378 e. The van der Waals surface area contributed by atoms with Crippen LogP contribution in [0.3, 0.4) is 0 Å². The molecule has 3 aromatic rings. The largest absolute Gasteiger partial charge is 0.378 e. The van der Waals surface area contributed by atoms with Crippen molar-refractivity contribution in [3.05, 3.63) is 45.4 Å². The predicted molar refractivity (Wildman–Crippen MR) is 159 cm³/mol.